The molecule has 3 aromatic rings. The van der Waals surface area contributed by atoms with Gasteiger partial charge in [0.1, 0.15) is 5.75 Å². The zero-order valence-corrected chi connectivity index (χ0v) is 27.7. The summed E-state index contributed by atoms with van der Waals surface area (Å²) in [7, 11) is -2.40. The predicted molar refractivity (Wildman–Crippen MR) is 176 cm³/mol. The van der Waals surface area contributed by atoms with Gasteiger partial charge >= 0.3 is 0 Å². The summed E-state index contributed by atoms with van der Waals surface area (Å²) < 4.78 is 56.2. The number of aliphatic hydroxyl groups is 1. The molecule has 0 radical (unpaired) electrons. The highest BCUT2D eigenvalue weighted by molar-refractivity contribution is 7.89. The number of allylic oxidation sites excluding steroid dienone is 1. The molecule has 2 atom stereocenters. The number of sulfonamides is 1. The number of ether oxygens (including phenoxy) is 5. The molecule has 3 aliphatic heterocycles. The first-order valence-electron chi connectivity index (χ1n) is 16.0. The Labute approximate surface area is 281 Å². The Morgan fingerprint density at radius 1 is 0.958 bits per heavy atom. The van der Waals surface area contributed by atoms with Crippen molar-refractivity contribution >= 4 is 15.9 Å². The van der Waals surface area contributed by atoms with E-state index in [0.29, 0.717) is 38.3 Å². The van der Waals surface area contributed by atoms with Crippen molar-refractivity contribution in [2.45, 2.75) is 30.1 Å². The number of methoxy groups -OCH3 is 1. The predicted octanol–water partition coefficient (Wildman–Crippen LogP) is 3.18. The van der Waals surface area contributed by atoms with Gasteiger partial charge in [-0.25, -0.2) is 8.42 Å². The Kier molecular flexibility index (Phi) is 10.8. The lowest BCUT2D eigenvalue weighted by atomic mass is 9.93. The van der Waals surface area contributed by atoms with Gasteiger partial charge in [0.05, 0.1) is 25.2 Å². The molecule has 1 N–H and O–H groups in total. The fourth-order valence-corrected chi connectivity index (χ4v) is 7.47. The van der Waals surface area contributed by atoms with E-state index in [1.807, 2.05) is 54.6 Å². The summed E-state index contributed by atoms with van der Waals surface area (Å²) in [4.78, 5) is 18.0. The first-order chi connectivity index (χ1) is 23.3. The van der Waals surface area contributed by atoms with Crippen LogP contribution in [-0.4, -0.2) is 106 Å². The van der Waals surface area contributed by atoms with E-state index in [1.165, 1.54) is 23.5 Å². The van der Waals surface area contributed by atoms with Gasteiger partial charge in [-0.05, 0) is 53.6 Å². The van der Waals surface area contributed by atoms with Gasteiger partial charge in [-0.3, -0.25) is 9.69 Å². The smallest absolute Gasteiger partial charge is 0.288 e. The van der Waals surface area contributed by atoms with Crippen LogP contribution in [-0.2, 0) is 30.8 Å². The van der Waals surface area contributed by atoms with E-state index in [-0.39, 0.29) is 55.6 Å². The van der Waals surface area contributed by atoms with Crippen LogP contribution in [0.5, 0.6) is 17.2 Å². The van der Waals surface area contributed by atoms with Crippen LogP contribution in [0, 0.1) is 0 Å². The first-order valence-corrected chi connectivity index (χ1v) is 17.5. The number of carbonyl (C=O) groups excluding carboxylic acids is 1. The van der Waals surface area contributed by atoms with Gasteiger partial charge in [-0.2, -0.15) is 4.31 Å². The van der Waals surface area contributed by atoms with Gasteiger partial charge < -0.3 is 33.7 Å². The van der Waals surface area contributed by atoms with Crippen molar-refractivity contribution in [3.05, 3.63) is 95.8 Å². The topological polar surface area (TPSA) is 127 Å². The highest BCUT2D eigenvalue weighted by atomic mass is 32.2. The molecule has 3 heterocycles. The second kappa shape index (κ2) is 15.4. The number of aliphatic hydroxyl groups excluding tert-OH is 1. The average molecular weight is 680 g/mol. The van der Waals surface area contributed by atoms with Gasteiger partial charge in [0.25, 0.3) is 5.91 Å². The number of fused-ring (bicyclic) bond motifs is 1. The molecule has 1 saturated heterocycles. The van der Waals surface area contributed by atoms with Gasteiger partial charge in [0.15, 0.2) is 17.3 Å². The maximum absolute atomic E-state index is 13.8. The Balaban J connectivity index is 1.08. The van der Waals surface area contributed by atoms with E-state index >= 15 is 0 Å². The monoisotopic (exact) mass is 679 g/mol. The summed E-state index contributed by atoms with van der Waals surface area (Å²) in [6.45, 7) is 3.03. The Hall–Kier alpha value is -4.14. The maximum Gasteiger partial charge on any atom is 0.288 e. The van der Waals surface area contributed by atoms with Crippen molar-refractivity contribution in [1.29, 1.82) is 0 Å². The number of rotatable bonds is 13. The molecule has 2 unspecified atom stereocenters. The second-order valence-electron chi connectivity index (χ2n) is 11.8. The van der Waals surface area contributed by atoms with Gasteiger partial charge in [-0.15, -0.1) is 0 Å². The SMILES string of the molecule is COc1ccc(S(=O)(=O)N(CCO)CCOC2CC(c3ccccc3)C=C(C(=O)N3CCN(Cc4ccc5c(c4)OCO5)CC3)O2)cc1. The first kappa shape index (κ1) is 33.7. The third kappa shape index (κ3) is 7.93. The molecule has 1 amide bonds. The highest BCUT2D eigenvalue weighted by Gasteiger charge is 2.33. The van der Waals surface area contributed by atoms with E-state index in [0.717, 1.165) is 29.2 Å². The molecule has 0 saturated carbocycles. The molecule has 3 aromatic carbocycles. The third-order valence-corrected chi connectivity index (χ3v) is 10.6. The van der Waals surface area contributed by atoms with Crippen molar-refractivity contribution in [1.82, 2.24) is 14.1 Å². The lowest BCUT2D eigenvalue weighted by Gasteiger charge is -2.36. The van der Waals surface area contributed by atoms with Crippen LogP contribution < -0.4 is 14.2 Å². The highest BCUT2D eigenvalue weighted by Crippen LogP contribution is 2.34. The van der Waals surface area contributed by atoms with Crippen LogP contribution in [0.3, 0.4) is 0 Å². The normalized spacial score (nSPS) is 19.6. The van der Waals surface area contributed by atoms with Crippen LogP contribution in [0.4, 0.5) is 0 Å². The van der Waals surface area contributed by atoms with Crippen molar-refractivity contribution in [3.63, 3.8) is 0 Å². The molecule has 48 heavy (non-hydrogen) atoms. The average Bonchev–Trinajstić information content (AvgIpc) is 3.60. The van der Waals surface area contributed by atoms with E-state index in [4.69, 9.17) is 23.7 Å². The summed E-state index contributed by atoms with van der Waals surface area (Å²) in [5, 5.41) is 9.63. The third-order valence-electron chi connectivity index (χ3n) is 8.69. The second-order valence-corrected chi connectivity index (χ2v) is 13.7. The summed E-state index contributed by atoms with van der Waals surface area (Å²) >= 11 is 0. The molecule has 3 aliphatic rings. The minimum Gasteiger partial charge on any atom is -0.497 e. The molecule has 0 aliphatic carbocycles. The van der Waals surface area contributed by atoms with Gasteiger partial charge in [0, 0.05) is 58.2 Å². The van der Waals surface area contributed by atoms with Crippen LogP contribution in [0.25, 0.3) is 0 Å². The van der Waals surface area contributed by atoms with Gasteiger partial charge in [-0.1, -0.05) is 36.4 Å². The summed E-state index contributed by atoms with van der Waals surface area (Å²) in [5.41, 5.74) is 2.15. The number of piperazine rings is 1. The lowest BCUT2D eigenvalue weighted by Crippen LogP contribution is -2.49. The Morgan fingerprint density at radius 2 is 1.71 bits per heavy atom. The molecule has 256 valence electrons. The van der Waals surface area contributed by atoms with Crippen molar-refractivity contribution in [2.75, 3.05) is 66.4 Å². The number of carbonyl (C=O) groups is 1. The van der Waals surface area contributed by atoms with E-state index < -0.39 is 16.3 Å². The quantitative estimate of drug-likeness (QED) is 0.288. The summed E-state index contributed by atoms with van der Waals surface area (Å²) in [6.07, 6.45) is 1.55. The number of nitrogens with zero attached hydrogens (tertiary/aromatic N) is 3. The molecular formula is C35H41N3O9S. The summed E-state index contributed by atoms with van der Waals surface area (Å²) in [5.74, 6) is 1.94. The fraction of sp³-hybridized carbons (Fsp3) is 0.400. The minimum atomic E-state index is -3.90. The summed E-state index contributed by atoms with van der Waals surface area (Å²) in [6, 6.07) is 21.9. The van der Waals surface area contributed by atoms with E-state index in [9.17, 15) is 18.3 Å². The van der Waals surface area contributed by atoms with Crippen molar-refractivity contribution < 1.29 is 42.0 Å². The van der Waals surface area contributed by atoms with Crippen LogP contribution in [0.1, 0.15) is 23.5 Å². The van der Waals surface area contributed by atoms with Crippen LogP contribution >= 0.6 is 0 Å². The molecule has 6 rings (SSSR count). The molecule has 1 fully saturated rings. The maximum atomic E-state index is 13.8. The number of hydrogen-bond acceptors (Lipinski definition) is 10. The van der Waals surface area contributed by atoms with Crippen molar-refractivity contribution in [2.24, 2.45) is 0 Å². The number of amides is 1. The fourth-order valence-electron chi connectivity index (χ4n) is 6.05. The van der Waals surface area contributed by atoms with E-state index in [1.54, 1.807) is 17.0 Å². The van der Waals surface area contributed by atoms with Gasteiger partial charge in [0.2, 0.25) is 23.1 Å². The standard InChI is InChI=1S/C35H41N3O9S/c1-43-29-8-10-30(11-9-29)48(41,42)38(17-19-39)18-20-44-34-23-28(27-5-3-2-4-6-27)22-33(47-34)35(40)37-15-13-36(14-16-37)24-26-7-12-31-32(21-26)46-25-45-31/h2-12,21-22,28,34,39H,13-20,23-25H2,1H3. The van der Waals surface area contributed by atoms with Crippen molar-refractivity contribution in [3.8, 4) is 17.2 Å². The van der Waals surface area contributed by atoms with E-state index in [2.05, 4.69) is 4.90 Å². The van der Waals surface area contributed by atoms with Crippen LogP contribution in [0.15, 0.2) is 89.5 Å². The molecule has 13 heteroatoms. The molecular weight excluding hydrogens is 638 g/mol. The lowest BCUT2D eigenvalue weighted by molar-refractivity contribution is -0.154. The number of benzene rings is 3. The minimum absolute atomic E-state index is 0.00155. The Morgan fingerprint density at radius 3 is 2.44 bits per heavy atom. The Bertz CT molecular complexity index is 1680. The molecule has 0 bridgehead atoms. The molecule has 0 spiro atoms. The largest absolute Gasteiger partial charge is 0.497 e. The number of hydrogen-bond donors (Lipinski definition) is 1. The zero-order chi connectivity index (χ0) is 33.5. The zero-order valence-electron chi connectivity index (χ0n) is 26.9. The molecule has 12 nitrogen and oxygen atoms in total. The van der Waals surface area contributed by atoms with Crippen LogP contribution in [0.2, 0.25) is 0 Å². The molecule has 0 aromatic heterocycles.